The van der Waals surface area contributed by atoms with Gasteiger partial charge in [-0.15, -0.1) is 11.4 Å². The minimum atomic E-state index is -2.93. The normalized spacial score (nSPS) is 14.7. The molecule has 1 rings (SSSR count). The van der Waals surface area contributed by atoms with Crippen molar-refractivity contribution in [3.63, 3.8) is 0 Å². The Hall–Kier alpha value is -0.0200. The van der Waals surface area contributed by atoms with E-state index < -0.39 is 5.69 Å². The summed E-state index contributed by atoms with van der Waals surface area (Å²) >= 11 is 6.11. The summed E-state index contributed by atoms with van der Waals surface area (Å²) in [6.07, 6.45) is 0.948. The van der Waals surface area contributed by atoms with Crippen molar-refractivity contribution in [2.24, 2.45) is 0 Å². The molecule has 5 heteroatoms. The first-order valence-electron chi connectivity index (χ1n) is 4.34. The fourth-order valence-corrected chi connectivity index (χ4v) is 4.24. The highest BCUT2D eigenvalue weighted by Gasteiger charge is 2.04. The molecule has 1 unspecified atom stereocenters. The molecule has 0 radical (unpaired) electrons. The van der Waals surface area contributed by atoms with Crippen LogP contribution in [0.25, 0.3) is 0 Å². The van der Waals surface area contributed by atoms with Gasteiger partial charge in [0.05, 0.1) is 5.69 Å². The van der Waals surface area contributed by atoms with Crippen LogP contribution in [0.5, 0.6) is 5.75 Å². The highest BCUT2D eigenvalue weighted by atomic mass is 32.9. The average Bonchev–Trinajstić information content (AvgIpc) is 2.16. The van der Waals surface area contributed by atoms with Crippen LogP contribution in [0.3, 0.4) is 0 Å². The highest BCUT2D eigenvalue weighted by Crippen LogP contribution is 2.51. The molecule has 0 aliphatic rings. The Morgan fingerprint density at radius 3 is 2.64 bits per heavy atom. The molecule has 0 aromatic heterocycles. The fourth-order valence-electron chi connectivity index (χ4n) is 0.840. The van der Waals surface area contributed by atoms with Crippen molar-refractivity contribution in [1.82, 2.24) is 0 Å². The lowest BCUT2D eigenvalue weighted by atomic mass is 10.3. The molecule has 1 atom stereocenters. The van der Waals surface area contributed by atoms with Crippen LogP contribution < -0.4 is 9.42 Å². The van der Waals surface area contributed by atoms with E-state index in [1.165, 1.54) is 11.4 Å². The van der Waals surface area contributed by atoms with Crippen molar-refractivity contribution in [3.8, 4) is 5.75 Å². The number of rotatable bonds is 5. The van der Waals surface area contributed by atoms with E-state index in [-0.39, 0.29) is 0 Å². The zero-order chi connectivity index (χ0) is 10.4. The maximum Gasteiger partial charge on any atom is 0.123 e. The van der Waals surface area contributed by atoms with Gasteiger partial charge < -0.3 is 9.42 Å². The Labute approximate surface area is 93.6 Å². The van der Waals surface area contributed by atoms with E-state index in [0.29, 0.717) is 5.75 Å². The molecule has 78 valence electrons. The molecule has 0 fully saturated rings. The van der Waals surface area contributed by atoms with Gasteiger partial charge in [-0.25, -0.2) is 0 Å². The fraction of sp³-hybridized carbons (Fsp3) is 0.333. The molecule has 0 bridgehead atoms. The predicted octanol–water partition coefficient (Wildman–Crippen LogP) is 2.79. The molecular weight excluding hydrogens is 235 g/mol. The minimum absolute atomic E-state index is 0.578. The molecule has 0 heterocycles. The van der Waals surface area contributed by atoms with Crippen molar-refractivity contribution >= 4 is 28.9 Å². The lowest BCUT2D eigenvalue weighted by Crippen LogP contribution is -2.03. The first-order chi connectivity index (χ1) is 6.64. The zero-order valence-electron chi connectivity index (χ0n) is 7.88. The first kappa shape index (κ1) is 12.1. The molecule has 0 saturated carbocycles. The van der Waals surface area contributed by atoms with Crippen LogP contribution in [0, 0.1) is 0 Å². The summed E-state index contributed by atoms with van der Waals surface area (Å²) in [4.78, 5) is 11.7. The summed E-state index contributed by atoms with van der Waals surface area (Å²) in [6, 6.07) is 9.04. The van der Waals surface area contributed by atoms with Gasteiger partial charge in [-0.05, 0) is 24.3 Å². The van der Waals surface area contributed by atoms with Crippen molar-refractivity contribution in [1.29, 1.82) is 0 Å². The third-order valence-electron chi connectivity index (χ3n) is 1.41. The largest absolute Gasteiger partial charge is 0.784 e. The number of hydrogen-bond acceptors (Lipinski definition) is 4. The van der Waals surface area contributed by atoms with E-state index in [1.54, 1.807) is 12.1 Å². The Kier molecular flexibility index (Phi) is 4.96. The topological polar surface area (TPSA) is 32.3 Å². The van der Waals surface area contributed by atoms with Crippen LogP contribution in [0.2, 0.25) is 0 Å². The molecule has 1 aromatic rings. The quantitative estimate of drug-likeness (QED) is 0.749. The number of benzene rings is 1. The Morgan fingerprint density at radius 2 is 2.07 bits per heavy atom. The van der Waals surface area contributed by atoms with Gasteiger partial charge in [-0.2, -0.15) is 0 Å². The van der Waals surface area contributed by atoms with Gasteiger partial charge in [-0.1, -0.05) is 36.9 Å². The van der Waals surface area contributed by atoms with E-state index >= 15 is 0 Å². The van der Waals surface area contributed by atoms with Crippen molar-refractivity contribution in [2.75, 3.05) is 5.75 Å². The molecule has 1 aromatic carbocycles. The minimum Gasteiger partial charge on any atom is -0.784 e. The molecule has 0 spiro atoms. The molecule has 0 amide bonds. The molecular formula is C9H12O2PS2-. The van der Waals surface area contributed by atoms with Crippen molar-refractivity contribution in [3.05, 3.63) is 30.3 Å². The van der Waals surface area contributed by atoms with E-state index in [1.807, 2.05) is 25.1 Å². The second kappa shape index (κ2) is 5.76. The summed E-state index contributed by atoms with van der Waals surface area (Å²) in [5.74, 6) is 1.35. The van der Waals surface area contributed by atoms with Crippen LogP contribution in [0.15, 0.2) is 30.3 Å². The summed E-state index contributed by atoms with van der Waals surface area (Å²) in [5.41, 5.74) is -2.93. The SMILES string of the molecule is CCCSP([O-])(=S)Oc1ccccc1. The third-order valence-corrected chi connectivity index (χ3v) is 5.65. The summed E-state index contributed by atoms with van der Waals surface area (Å²) in [6.45, 7) is 2.02. The van der Waals surface area contributed by atoms with Crippen LogP contribution in [-0.4, -0.2) is 5.75 Å². The van der Waals surface area contributed by atoms with Gasteiger partial charge in [0.15, 0.2) is 0 Å². The smallest absolute Gasteiger partial charge is 0.123 e. The number of hydrogen-bond donors (Lipinski definition) is 0. The summed E-state index contributed by atoms with van der Waals surface area (Å²) < 4.78 is 5.24. The van der Waals surface area contributed by atoms with Gasteiger partial charge >= 0.3 is 0 Å². The van der Waals surface area contributed by atoms with E-state index in [2.05, 4.69) is 0 Å². The van der Waals surface area contributed by atoms with Crippen LogP contribution in [0.4, 0.5) is 0 Å². The monoisotopic (exact) mass is 247 g/mol. The average molecular weight is 247 g/mol. The Balaban J connectivity index is 2.55. The second-order valence-corrected chi connectivity index (χ2v) is 8.78. The molecule has 0 saturated heterocycles. The van der Waals surface area contributed by atoms with E-state index in [9.17, 15) is 4.89 Å². The molecule has 0 aliphatic carbocycles. The second-order valence-electron chi connectivity index (χ2n) is 2.68. The van der Waals surface area contributed by atoms with Gasteiger partial charge in [0.25, 0.3) is 0 Å². The first-order valence-corrected chi connectivity index (χ1v) is 8.57. The number of para-hydroxylation sites is 1. The summed E-state index contributed by atoms with van der Waals surface area (Å²) in [5, 5.41) is 0. The Bertz CT molecular complexity index is 316. The van der Waals surface area contributed by atoms with Gasteiger partial charge in [0, 0.05) is 0 Å². The molecule has 0 N–H and O–H groups in total. The van der Waals surface area contributed by atoms with Crippen LogP contribution in [0.1, 0.15) is 13.3 Å². The van der Waals surface area contributed by atoms with Crippen molar-refractivity contribution < 1.29 is 9.42 Å². The van der Waals surface area contributed by atoms with Gasteiger partial charge in [0.2, 0.25) is 0 Å². The lowest BCUT2D eigenvalue weighted by molar-refractivity contribution is -0.168. The zero-order valence-corrected chi connectivity index (χ0v) is 10.4. The highest BCUT2D eigenvalue weighted by molar-refractivity contribution is 8.67. The van der Waals surface area contributed by atoms with Gasteiger partial charge in [0.1, 0.15) is 5.75 Å². The third kappa shape index (κ3) is 4.47. The predicted molar refractivity (Wildman–Crippen MR) is 64.1 cm³/mol. The molecule has 14 heavy (non-hydrogen) atoms. The lowest BCUT2D eigenvalue weighted by Gasteiger charge is -2.27. The Morgan fingerprint density at radius 1 is 1.43 bits per heavy atom. The van der Waals surface area contributed by atoms with E-state index in [0.717, 1.165) is 12.2 Å². The maximum absolute atomic E-state index is 11.7. The summed E-state index contributed by atoms with van der Waals surface area (Å²) in [7, 11) is 0. The molecule has 0 aliphatic heterocycles. The van der Waals surface area contributed by atoms with Crippen LogP contribution in [-0.2, 0) is 11.8 Å². The van der Waals surface area contributed by atoms with E-state index in [4.69, 9.17) is 16.3 Å². The standard InChI is InChI=1S/C9H13O2PS2/c1-2-8-14-12(10,13)11-9-6-4-3-5-7-9/h3-7H,2,8H2,1H3,(H,10,13)/p-1. The maximum atomic E-state index is 11.7. The van der Waals surface area contributed by atoms with Gasteiger partial charge in [-0.3, -0.25) is 0 Å². The van der Waals surface area contributed by atoms with Crippen molar-refractivity contribution in [2.45, 2.75) is 13.3 Å². The van der Waals surface area contributed by atoms with Crippen LogP contribution >= 0.6 is 17.1 Å². The molecule has 2 nitrogen and oxygen atoms in total.